The van der Waals surface area contributed by atoms with Crippen molar-refractivity contribution < 1.29 is 4.52 Å². The summed E-state index contributed by atoms with van der Waals surface area (Å²) in [5, 5.41) is 6.69. The summed E-state index contributed by atoms with van der Waals surface area (Å²) < 4.78 is 11.0. The molecule has 0 amide bonds. The van der Waals surface area contributed by atoms with Crippen LogP contribution in [0.4, 0.5) is 11.4 Å². The summed E-state index contributed by atoms with van der Waals surface area (Å²) in [5.41, 5.74) is 2.40. The molecule has 2 aromatic carbocycles. The van der Waals surface area contributed by atoms with Crippen LogP contribution in [0.5, 0.6) is 0 Å². The van der Waals surface area contributed by atoms with Crippen LogP contribution in [0.1, 0.15) is 0 Å². The number of anilines is 2. The number of nitrogens with one attached hydrogen (secondary N) is 2. The van der Waals surface area contributed by atoms with Crippen molar-refractivity contribution in [2.45, 2.75) is 0 Å². The minimum Gasteiger partial charge on any atom is -0.366 e. The molecule has 0 aliphatic carbocycles. The summed E-state index contributed by atoms with van der Waals surface area (Å²) in [6.45, 7) is 3.18. The Labute approximate surface area is 155 Å². The fourth-order valence-electron chi connectivity index (χ4n) is 2.67. The lowest BCUT2D eigenvalue weighted by molar-refractivity contribution is 0.356. The zero-order chi connectivity index (χ0) is 17.5. The van der Waals surface area contributed by atoms with Crippen molar-refractivity contribution in [1.29, 1.82) is 0 Å². The predicted octanol–water partition coefficient (Wildman–Crippen LogP) is 3.35. The van der Waals surface area contributed by atoms with Crippen LogP contribution < -0.4 is 20.0 Å². The van der Waals surface area contributed by atoms with Crippen LogP contribution in [0.25, 0.3) is 0 Å². The van der Waals surface area contributed by atoms with Gasteiger partial charge in [-0.3, -0.25) is 0 Å². The van der Waals surface area contributed by atoms with Crippen LogP contribution >= 0.6 is 20.7 Å². The number of rotatable bonds is 6. The van der Waals surface area contributed by atoms with Crippen LogP contribution in [-0.2, 0) is 4.52 Å². The molecule has 3 rings (SSSR count). The molecule has 0 saturated carbocycles. The molecule has 25 heavy (non-hydrogen) atoms. The van der Waals surface area contributed by atoms with E-state index in [1.54, 1.807) is 0 Å². The second-order valence-corrected chi connectivity index (χ2v) is 7.65. The van der Waals surface area contributed by atoms with Crippen LogP contribution in [0.2, 0.25) is 0 Å². The van der Waals surface area contributed by atoms with Gasteiger partial charge < -0.3 is 24.5 Å². The Morgan fingerprint density at radius 2 is 1.52 bits per heavy atom. The van der Waals surface area contributed by atoms with Gasteiger partial charge in [0.1, 0.15) is 0 Å². The van der Waals surface area contributed by atoms with E-state index in [1.807, 2.05) is 19.2 Å². The molecule has 1 aliphatic rings. The number of hydrogen-bond acceptors (Lipinski definition) is 4. The zero-order valence-corrected chi connectivity index (χ0v) is 16.0. The maximum atomic E-state index is 6.30. The first-order valence-corrected chi connectivity index (χ1v) is 9.90. The van der Waals surface area contributed by atoms with E-state index < -0.39 is 8.45 Å². The second kappa shape index (κ2) is 8.99. The van der Waals surface area contributed by atoms with Crippen LogP contribution in [-0.4, -0.2) is 38.4 Å². The average Bonchev–Trinajstić information content (AvgIpc) is 3.10. The summed E-state index contributed by atoms with van der Waals surface area (Å²) >= 11 is 5.11. The highest BCUT2D eigenvalue weighted by Gasteiger charge is 2.34. The summed E-state index contributed by atoms with van der Waals surface area (Å²) in [4.78, 5) is 0. The van der Waals surface area contributed by atoms with Crippen molar-refractivity contribution >= 4 is 37.2 Å². The highest BCUT2D eigenvalue weighted by atomic mass is 32.1. The van der Waals surface area contributed by atoms with Gasteiger partial charge in [0.15, 0.2) is 5.11 Å². The smallest absolute Gasteiger partial charge is 0.248 e. The van der Waals surface area contributed by atoms with E-state index in [0.29, 0.717) is 18.3 Å². The lowest BCUT2D eigenvalue weighted by Gasteiger charge is -2.30. The molecule has 132 valence electrons. The molecule has 2 aromatic rings. The van der Waals surface area contributed by atoms with Crippen molar-refractivity contribution in [3.05, 3.63) is 60.7 Å². The second-order valence-electron chi connectivity index (χ2n) is 5.51. The van der Waals surface area contributed by atoms with E-state index in [2.05, 4.69) is 68.5 Å². The van der Waals surface area contributed by atoms with Crippen molar-refractivity contribution in [2.75, 3.05) is 42.6 Å². The molecule has 0 radical (unpaired) electrons. The number of hydrogen-bond donors (Lipinski definition) is 2. The maximum absolute atomic E-state index is 6.30. The lowest BCUT2D eigenvalue weighted by atomic mass is 10.3. The standard InChI is InChI=1S/C18H23N4OPS/c1-19-18(25)20-12-15-23-24-21(16-8-4-2-5-9-16)13-14-22(24)17-10-6-3-7-11-17/h2-11H,12-15H2,1H3,(H2,19,20,25). The first kappa shape index (κ1) is 17.9. The predicted molar refractivity (Wildman–Crippen MR) is 110 cm³/mol. The Bertz CT molecular complexity index is 626. The Kier molecular flexibility index (Phi) is 6.45. The Hall–Kier alpha value is -1.88. The SMILES string of the molecule is CNC(=S)NCCOP1N(c2ccccc2)CCN1c1ccccc1. The first-order valence-electron chi connectivity index (χ1n) is 8.33. The Balaban J connectivity index is 1.71. The van der Waals surface area contributed by atoms with Crippen molar-refractivity contribution in [1.82, 2.24) is 10.6 Å². The third-order valence-electron chi connectivity index (χ3n) is 3.87. The van der Waals surface area contributed by atoms with Gasteiger partial charge in [-0.2, -0.15) is 0 Å². The van der Waals surface area contributed by atoms with Gasteiger partial charge in [-0.25, -0.2) is 0 Å². The largest absolute Gasteiger partial charge is 0.366 e. The van der Waals surface area contributed by atoms with Gasteiger partial charge >= 0.3 is 0 Å². The fourth-order valence-corrected chi connectivity index (χ4v) is 4.75. The van der Waals surface area contributed by atoms with Gasteiger partial charge in [-0.15, -0.1) is 0 Å². The Morgan fingerprint density at radius 1 is 1.00 bits per heavy atom. The number of thiocarbonyl (C=S) groups is 1. The molecular weight excluding hydrogens is 351 g/mol. The molecule has 0 unspecified atom stereocenters. The summed E-state index contributed by atoms with van der Waals surface area (Å²) in [5.74, 6) is 0. The van der Waals surface area contributed by atoms with Gasteiger partial charge in [0.05, 0.1) is 6.61 Å². The van der Waals surface area contributed by atoms with Crippen molar-refractivity contribution in [3.8, 4) is 0 Å². The number of para-hydroxylation sites is 2. The molecule has 0 atom stereocenters. The maximum Gasteiger partial charge on any atom is 0.248 e. The number of nitrogens with zero attached hydrogens (tertiary/aromatic N) is 2. The van der Waals surface area contributed by atoms with Gasteiger partial charge in [0, 0.05) is 38.1 Å². The van der Waals surface area contributed by atoms with Gasteiger partial charge in [0.2, 0.25) is 8.45 Å². The molecule has 1 aliphatic heterocycles. The van der Waals surface area contributed by atoms with E-state index in [9.17, 15) is 0 Å². The highest BCUT2D eigenvalue weighted by molar-refractivity contribution is 7.80. The third-order valence-corrected chi connectivity index (χ3v) is 6.32. The van der Waals surface area contributed by atoms with Crippen LogP contribution in [0.3, 0.4) is 0 Å². The van der Waals surface area contributed by atoms with Crippen LogP contribution in [0, 0.1) is 0 Å². The Morgan fingerprint density at radius 3 is 2.00 bits per heavy atom. The summed E-state index contributed by atoms with van der Waals surface area (Å²) in [7, 11) is 0.914. The normalized spacial score (nSPS) is 14.6. The molecule has 0 bridgehead atoms. The van der Waals surface area contributed by atoms with Gasteiger partial charge in [-0.1, -0.05) is 36.4 Å². The molecular formula is C18H23N4OPS. The molecule has 1 heterocycles. The van der Waals surface area contributed by atoms with E-state index in [0.717, 1.165) is 13.1 Å². The molecule has 7 heteroatoms. The fraction of sp³-hybridized carbons (Fsp3) is 0.278. The molecule has 2 N–H and O–H groups in total. The molecule has 1 fully saturated rings. The van der Waals surface area contributed by atoms with Crippen LogP contribution in [0.15, 0.2) is 60.7 Å². The number of benzene rings is 2. The van der Waals surface area contributed by atoms with Crippen molar-refractivity contribution in [3.63, 3.8) is 0 Å². The summed E-state index contributed by atoms with van der Waals surface area (Å²) in [6.07, 6.45) is 0. The van der Waals surface area contributed by atoms with E-state index in [-0.39, 0.29) is 0 Å². The van der Waals surface area contributed by atoms with E-state index >= 15 is 0 Å². The summed E-state index contributed by atoms with van der Waals surface area (Å²) in [6, 6.07) is 20.9. The zero-order valence-electron chi connectivity index (χ0n) is 14.3. The monoisotopic (exact) mass is 374 g/mol. The van der Waals surface area contributed by atoms with Crippen molar-refractivity contribution in [2.24, 2.45) is 0 Å². The molecule has 5 nitrogen and oxygen atoms in total. The van der Waals surface area contributed by atoms with Gasteiger partial charge in [0.25, 0.3) is 0 Å². The topological polar surface area (TPSA) is 39.8 Å². The first-order chi connectivity index (χ1) is 12.3. The average molecular weight is 374 g/mol. The minimum atomic E-state index is -0.897. The quantitative estimate of drug-likeness (QED) is 0.459. The highest BCUT2D eigenvalue weighted by Crippen LogP contribution is 2.53. The minimum absolute atomic E-state index is 0.597. The molecule has 1 saturated heterocycles. The third kappa shape index (κ3) is 4.60. The van der Waals surface area contributed by atoms with E-state index in [4.69, 9.17) is 16.7 Å². The van der Waals surface area contributed by atoms with E-state index in [1.165, 1.54) is 11.4 Å². The lowest BCUT2D eigenvalue weighted by Crippen LogP contribution is -2.34. The van der Waals surface area contributed by atoms with Gasteiger partial charge in [-0.05, 0) is 36.5 Å². The molecule has 0 aromatic heterocycles. The molecule has 0 spiro atoms.